The zero-order chi connectivity index (χ0) is 14.3. The van der Waals surface area contributed by atoms with E-state index >= 15 is 0 Å². The summed E-state index contributed by atoms with van der Waals surface area (Å²) in [4.78, 5) is 35.1. The molecule has 1 fully saturated rings. The summed E-state index contributed by atoms with van der Waals surface area (Å²) in [5.74, 6) is -1.02. The van der Waals surface area contributed by atoms with Crippen LogP contribution in [0.2, 0.25) is 0 Å². The fraction of sp³-hybridized carbons (Fsp3) is 0.750. The van der Waals surface area contributed by atoms with E-state index in [1.165, 1.54) is 0 Å². The van der Waals surface area contributed by atoms with Crippen LogP contribution < -0.4 is 10.6 Å². The number of carbonyl (C=O) groups excluding carboxylic acids is 2. The van der Waals surface area contributed by atoms with Gasteiger partial charge in [-0.3, -0.25) is 9.59 Å². The van der Waals surface area contributed by atoms with E-state index in [2.05, 4.69) is 10.6 Å². The molecule has 0 aromatic carbocycles. The second-order valence-corrected chi connectivity index (χ2v) is 4.50. The van der Waals surface area contributed by atoms with Crippen molar-refractivity contribution in [1.29, 1.82) is 0 Å². The van der Waals surface area contributed by atoms with E-state index in [0.717, 1.165) is 12.8 Å². The Labute approximate surface area is 112 Å². The molecule has 0 heterocycles. The van der Waals surface area contributed by atoms with Gasteiger partial charge in [0.25, 0.3) is 0 Å². The summed E-state index contributed by atoms with van der Waals surface area (Å²) in [6.45, 7) is 2.88. The molecule has 0 radical (unpaired) electrons. The Balaban J connectivity index is 2.28. The Bertz CT molecular complexity index is 342. The maximum absolute atomic E-state index is 11.9. The molecule has 0 unspecified atom stereocenters. The van der Waals surface area contributed by atoms with Gasteiger partial charge in [-0.1, -0.05) is 0 Å². The van der Waals surface area contributed by atoms with Crippen molar-refractivity contribution < 1.29 is 19.5 Å². The van der Waals surface area contributed by atoms with Gasteiger partial charge >= 0.3 is 12.0 Å². The van der Waals surface area contributed by atoms with Crippen LogP contribution in [0.25, 0.3) is 0 Å². The number of carboxylic acid groups (broad SMARTS) is 1. The van der Waals surface area contributed by atoms with E-state index in [0.29, 0.717) is 6.54 Å². The molecule has 0 bridgehead atoms. The van der Waals surface area contributed by atoms with Crippen LogP contribution in [0.1, 0.15) is 32.6 Å². The predicted octanol–water partition coefficient (Wildman–Crippen LogP) is 0.161. The molecular formula is C12H21N3O4. The molecular weight excluding hydrogens is 250 g/mol. The van der Waals surface area contributed by atoms with Crippen LogP contribution in [0, 0.1) is 0 Å². The lowest BCUT2D eigenvalue weighted by Gasteiger charge is -2.22. The first-order valence-electron chi connectivity index (χ1n) is 6.57. The molecule has 0 aromatic rings. The number of aliphatic carboxylic acids is 1. The topological polar surface area (TPSA) is 98.7 Å². The summed E-state index contributed by atoms with van der Waals surface area (Å²) in [5.41, 5.74) is 0. The van der Waals surface area contributed by atoms with Gasteiger partial charge < -0.3 is 20.6 Å². The largest absolute Gasteiger partial charge is 0.481 e. The van der Waals surface area contributed by atoms with Crippen molar-refractivity contribution in [2.45, 2.75) is 38.6 Å². The first kappa shape index (κ1) is 15.3. The maximum atomic E-state index is 11.9. The molecule has 1 aliphatic rings. The molecule has 0 aromatic heterocycles. The number of hydrogen-bond donors (Lipinski definition) is 3. The van der Waals surface area contributed by atoms with Crippen molar-refractivity contribution in [2.75, 3.05) is 19.6 Å². The van der Waals surface area contributed by atoms with E-state index in [1.54, 1.807) is 4.90 Å². The van der Waals surface area contributed by atoms with Gasteiger partial charge in [0.05, 0.1) is 6.42 Å². The molecule has 7 heteroatoms. The van der Waals surface area contributed by atoms with Gasteiger partial charge in [0.15, 0.2) is 0 Å². The van der Waals surface area contributed by atoms with E-state index in [4.69, 9.17) is 5.11 Å². The third kappa shape index (κ3) is 6.08. The quantitative estimate of drug-likeness (QED) is 0.585. The third-order valence-corrected chi connectivity index (χ3v) is 2.82. The van der Waals surface area contributed by atoms with Crippen molar-refractivity contribution >= 4 is 17.9 Å². The number of nitrogens with one attached hydrogen (secondary N) is 2. The van der Waals surface area contributed by atoms with Crippen LogP contribution in [0.3, 0.4) is 0 Å². The van der Waals surface area contributed by atoms with E-state index in [-0.39, 0.29) is 43.9 Å². The minimum Gasteiger partial charge on any atom is -0.481 e. The SMILES string of the molecule is CCNC(=O)CCNC(=O)N(CCC(=O)O)C1CC1. The van der Waals surface area contributed by atoms with Gasteiger partial charge in [0, 0.05) is 32.1 Å². The second-order valence-electron chi connectivity index (χ2n) is 4.50. The summed E-state index contributed by atoms with van der Waals surface area (Å²) in [6.07, 6.45) is 2.02. The standard InChI is InChI=1S/C12H21N3O4/c1-2-13-10(16)5-7-14-12(19)15(9-3-4-9)8-6-11(17)18/h9H,2-8H2,1H3,(H,13,16)(H,14,19)(H,17,18). The second kappa shape index (κ2) is 7.60. The first-order chi connectivity index (χ1) is 9.04. The number of carboxylic acids is 1. The lowest BCUT2D eigenvalue weighted by atomic mass is 10.3. The summed E-state index contributed by atoms with van der Waals surface area (Å²) < 4.78 is 0. The fourth-order valence-corrected chi connectivity index (χ4v) is 1.72. The molecule has 1 rings (SSSR count). The van der Waals surface area contributed by atoms with Gasteiger partial charge in [-0.05, 0) is 19.8 Å². The highest BCUT2D eigenvalue weighted by Gasteiger charge is 2.32. The minimum atomic E-state index is -0.916. The Morgan fingerprint density at radius 3 is 2.42 bits per heavy atom. The number of hydrogen-bond acceptors (Lipinski definition) is 3. The van der Waals surface area contributed by atoms with Crippen molar-refractivity contribution in [2.24, 2.45) is 0 Å². The average molecular weight is 271 g/mol. The maximum Gasteiger partial charge on any atom is 0.317 e. The fourth-order valence-electron chi connectivity index (χ4n) is 1.72. The highest BCUT2D eigenvalue weighted by Crippen LogP contribution is 2.26. The molecule has 3 N–H and O–H groups in total. The molecule has 1 saturated carbocycles. The zero-order valence-corrected chi connectivity index (χ0v) is 11.1. The van der Waals surface area contributed by atoms with Crippen LogP contribution in [-0.4, -0.2) is 53.6 Å². The highest BCUT2D eigenvalue weighted by atomic mass is 16.4. The Morgan fingerprint density at radius 2 is 1.89 bits per heavy atom. The third-order valence-electron chi connectivity index (χ3n) is 2.82. The van der Waals surface area contributed by atoms with E-state index < -0.39 is 5.97 Å². The Kier molecular flexibility index (Phi) is 6.11. The van der Waals surface area contributed by atoms with E-state index in [9.17, 15) is 14.4 Å². The van der Waals surface area contributed by atoms with Crippen molar-refractivity contribution in [1.82, 2.24) is 15.5 Å². The number of carbonyl (C=O) groups is 3. The normalized spacial score (nSPS) is 13.7. The monoisotopic (exact) mass is 271 g/mol. The van der Waals surface area contributed by atoms with Crippen molar-refractivity contribution in [3.63, 3.8) is 0 Å². The lowest BCUT2D eigenvalue weighted by molar-refractivity contribution is -0.137. The zero-order valence-electron chi connectivity index (χ0n) is 11.1. The van der Waals surface area contributed by atoms with Crippen molar-refractivity contribution in [3.8, 4) is 0 Å². The summed E-state index contributed by atoms with van der Waals surface area (Å²) in [5, 5.41) is 13.9. The molecule has 0 saturated heterocycles. The Morgan fingerprint density at radius 1 is 1.21 bits per heavy atom. The molecule has 0 spiro atoms. The molecule has 3 amide bonds. The highest BCUT2D eigenvalue weighted by molar-refractivity contribution is 5.78. The van der Waals surface area contributed by atoms with Gasteiger partial charge in [0.1, 0.15) is 0 Å². The van der Waals surface area contributed by atoms with Crippen molar-refractivity contribution in [3.05, 3.63) is 0 Å². The number of rotatable bonds is 8. The van der Waals surface area contributed by atoms with E-state index in [1.807, 2.05) is 6.92 Å². The molecule has 7 nitrogen and oxygen atoms in total. The number of amides is 3. The van der Waals surface area contributed by atoms with Crippen LogP contribution in [0.5, 0.6) is 0 Å². The molecule has 19 heavy (non-hydrogen) atoms. The van der Waals surface area contributed by atoms with Crippen LogP contribution >= 0.6 is 0 Å². The summed E-state index contributed by atoms with van der Waals surface area (Å²) >= 11 is 0. The summed E-state index contributed by atoms with van der Waals surface area (Å²) in [6, 6.07) is -0.128. The van der Waals surface area contributed by atoms with Gasteiger partial charge in [0.2, 0.25) is 5.91 Å². The minimum absolute atomic E-state index is 0.0553. The van der Waals surface area contributed by atoms with Crippen LogP contribution in [0.4, 0.5) is 4.79 Å². The van der Waals surface area contributed by atoms with Gasteiger partial charge in [-0.25, -0.2) is 4.79 Å². The van der Waals surface area contributed by atoms with Gasteiger partial charge in [-0.15, -0.1) is 0 Å². The number of nitrogens with zero attached hydrogens (tertiary/aromatic N) is 1. The molecule has 0 atom stereocenters. The first-order valence-corrected chi connectivity index (χ1v) is 6.57. The predicted molar refractivity (Wildman–Crippen MR) is 68.7 cm³/mol. The number of urea groups is 1. The summed E-state index contributed by atoms with van der Waals surface area (Å²) in [7, 11) is 0. The smallest absolute Gasteiger partial charge is 0.317 e. The van der Waals surface area contributed by atoms with Crippen LogP contribution in [-0.2, 0) is 9.59 Å². The molecule has 108 valence electrons. The average Bonchev–Trinajstić information content (AvgIpc) is 3.13. The Hall–Kier alpha value is -1.79. The molecule has 1 aliphatic carbocycles. The van der Waals surface area contributed by atoms with Crippen LogP contribution in [0.15, 0.2) is 0 Å². The van der Waals surface area contributed by atoms with Gasteiger partial charge in [-0.2, -0.15) is 0 Å². The molecule has 0 aliphatic heterocycles. The lowest BCUT2D eigenvalue weighted by Crippen LogP contribution is -2.43.